The van der Waals surface area contributed by atoms with E-state index in [0.29, 0.717) is 0 Å². The van der Waals surface area contributed by atoms with E-state index in [1.54, 1.807) is 24.3 Å². The van der Waals surface area contributed by atoms with Gasteiger partial charge in [-0.1, -0.05) is 42.5 Å². The SMILES string of the molecule is N#CC1(C#N)C(=O)C(=O)c2ccccc21.c1ccc2c(c1)[nH]c1c3ccsc3c3ccsc3c21. The van der Waals surface area contributed by atoms with Crippen LogP contribution in [0.15, 0.2) is 71.4 Å². The summed E-state index contributed by atoms with van der Waals surface area (Å²) >= 11 is 3.67. The summed E-state index contributed by atoms with van der Waals surface area (Å²) in [5, 5.41) is 27.7. The minimum Gasteiger partial charge on any atom is -0.354 e. The van der Waals surface area contributed by atoms with Crippen molar-refractivity contribution in [1.82, 2.24) is 4.98 Å². The normalized spacial score (nSPS) is 14.2. The summed E-state index contributed by atoms with van der Waals surface area (Å²) in [5.74, 6) is -1.71. The summed E-state index contributed by atoms with van der Waals surface area (Å²) in [6, 6.07) is 22.4. The Morgan fingerprint density at radius 3 is 2.24 bits per heavy atom. The van der Waals surface area contributed by atoms with Gasteiger partial charge in [0, 0.05) is 47.6 Å². The van der Waals surface area contributed by atoms with Gasteiger partial charge < -0.3 is 4.98 Å². The standard InChI is InChI=1S/C16H9NS2.C11H4N2O2/c1-2-4-12-9(3-1)13-14(17-12)10-5-7-18-15(10)11-6-8-19-16(11)13;12-5-11(6-13)8-4-2-1-3-7(8)9(14)10(11)15/h1-8,17H;1-4H. The number of H-pyrrole nitrogens is 1. The first-order valence-corrected chi connectivity index (χ1v) is 12.1. The van der Waals surface area contributed by atoms with E-state index in [-0.39, 0.29) is 11.1 Å². The number of nitriles is 2. The highest BCUT2D eigenvalue weighted by Crippen LogP contribution is 2.43. The van der Waals surface area contributed by atoms with Crippen molar-refractivity contribution >= 4 is 76.2 Å². The van der Waals surface area contributed by atoms with Gasteiger partial charge in [0.1, 0.15) is 0 Å². The lowest BCUT2D eigenvalue weighted by Gasteiger charge is -2.07. The summed E-state index contributed by atoms with van der Waals surface area (Å²) < 4.78 is 2.80. The van der Waals surface area contributed by atoms with Crippen LogP contribution in [-0.2, 0) is 10.2 Å². The molecule has 1 aliphatic carbocycles. The van der Waals surface area contributed by atoms with Crippen LogP contribution >= 0.6 is 22.7 Å². The molecular weight excluding hydrogens is 462 g/mol. The number of rotatable bonds is 0. The van der Waals surface area contributed by atoms with Crippen molar-refractivity contribution in [3.8, 4) is 12.1 Å². The smallest absolute Gasteiger partial charge is 0.242 e. The fraction of sp³-hybridized carbons (Fsp3) is 0.0370. The molecule has 0 aliphatic heterocycles. The molecular formula is C27H13N3O2S2. The molecule has 0 bridgehead atoms. The Balaban J connectivity index is 0.000000132. The van der Waals surface area contributed by atoms with Gasteiger partial charge in [0.05, 0.1) is 17.7 Å². The summed E-state index contributed by atoms with van der Waals surface area (Å²) in [6.07, 6.45) is 0. The van der Waals surface area contributed by atoms with Crippen LogP contribution in [0.1, 0.15) is 15.9 Å². The van der Waals surface area contributed by atoms with Crippen LogP contribution in [0, 0.1) is 22.7 Å². The molecule has 160 valence electrons. The second-order valence-electron chi connectivity index (χ2n) is 7.92. The number of carbonyl (C=O) groups is 2. The molecule has 0 saturated heterocycles. The van der Waals surface area contributed by atoms with Crippen molar-refractivity contribution in [2.45, 2.75) is 5.41 Å². The van der Waals surface area contributed by atoms with Crippen molar-refractivity contribution in [2.75, 3.05) is 0 Å². The van der Waals surface area contributed by atoms with Gasteiger partial charge in [-0.25, -0.2) is 0 Å². The van der Waals surface area contributed by atoms with E-state index >= 15 is 0 Å². The zero-order chi connectivity index (χ0) is 23.4. The minimum atomic E-state index is -1.94. The molecule has 5 nitrogen and oxygen atoms in total. The largest absolute Gasteiger partial charge is 0.354 e. The number of aromatic amines is 1. The van der Waals surface area contributed by atoms with Crippen molar-refractivity contribution in [2.24, 2.45) is 0 Å². The maximum atomic E-state index is 11.6. The Morgan fingerprint density at radius 1 is 0.765 bits per heavy atom. The number of carbonyl (C=O) groups excluding carboxylic acids is 2. The average Bonchev–Trinajstić information content (AvgIpc) is 3.64. The van der Waals surface area contributed by atoms with Gasteiger partial charge in [0.15, 0.2) is 0 Å². The van der Waals surface area contributed by atoms with Crippen LogP contribution in [0.3, 0.4) is 0 Å². The minimum absolute atomic E-state index is 0.158. The van der Waals surface area contributed by atoms with E-state index in [0.717, 1.165) is 0 Å². The fourth-order valence-corrected chi connectivity index (χ4v) is 6.61. The molecule has 1 aliphatic rings. The molecule has 0 saturated carbocycles. The van der Waals surface area contributed by atoms with Crippen LogP contribution in [0.4, 0.5) is 0 Å². The van der Waals surface area contributed by atoms with Crippen LogP contribution in [0.5, 0.6) is 0 Å². The maximum Gasteiger partial charge on any atom is 0.242 e. The Kier molecular flexibility index (Phi) is 4.40. The Labute approximate surface area is 201 Å². The highest BCUT2D eigenvalue weighted by molar-refractivity contribution is 7.22. The average molecular weight is 476 g/mol. The van der Waals surface area contributed by atoms with Gasteiger partial charge in [0.2, 0.25) is 17.0 Å². The van der Waals surface area contributed by atoms with Crippen LogP contribution in [-0.4, -0.2) is 16.6 Å². The van der Waals surface area contributed by atoms with Gasteiger partial charge in [-0.2, -0.15) is 10.5 Å². The number of Topliss-reactive ketones (excluding diaryl/α,β-unsaturated/α-hetero) is 2. The second kappa shape index (κ2) is 7.36. The van der Waals surface area contributed by atoms with Gasteiger partial charge in [-0.15, -0.1) is 22.7 Å². The van der Waals surface area contributed by atoms with Crippen LogP contribution in [0.25, 0.3) is 42.0 Å². The first-order valence-electron chi connectivity index (χ1n) is 10.4. The third-order valence-corrected chi connectivity index (χ3v) is 8.12. The Bertz CT molecular complexity index is 1880. The molecule has 7 rings (SSSR count). The lowest BCUT2D eigenvalue weighted by Crippen LogP contribution is -2.30. The van der Waals surface area contributed by atoms with Crippen molar-refractivity contribution in [1.29, 1.82) is 10.5 Å². The summed E-state index contributed by atoms with van der Waals surface area (Å²) in [5.41, 5.74) is 0.933. The zero-order valence-corrected chi connectivity index (χ0v) is 19.1. The second-order valence-corrected chi connectivity index (χ2v) is 9.76. The molecule has 1 N–H and O–H groups in total. The van der Waals surface area contributed by atoms with Crippen LogP contribution < -0.4 is 0 Å². The van der Waals surface area contributed by atoms with E-state index in [2.05, 4.69) is 52.1 Å². The van der Waals surface area contributed by atoms with Crippen molar-refractivity contribution in [3.63, 3.8) is 0 Å². The molecule has 3 aromatic carbocycles. The van der Waals surface area contributed by atoms with Gasteiger partial charge in [-0.3, -0.25) is 9.59 Å². The van der Waals surface area contributed by atoms with Gasteiger partial charge >= 0.3 is 0 Å². The van der Waals surface area contributed by atoms with E-state index in [1.165, 1.54) is 54.1 Å². The highest BCUT2D eigenvalue weighted by Gasteiger charge is 2.53. The molecule has 0 radical (unpaired) electrons. The number of ketones is 2. The van der Waals surface area contributed by atoms with E-state index in [1.807, 2.05) is 22.7 Å². The van der Waals surface area contributed by atoms with E-state index in [4.69, 9.17) is 10.5 Å². The van der Waals surface area contributed by atoms with Gasteiger partial charge in [0.25, 0.3) is 0 Å². The molecule has 0 atom stereocenters. The number of hydrogen-bond donors (Lipinski definition) is 1. The van der Waals surface area contributed by atoms with Crippen molar-refractivity contribution in [3.05, 3.63) is 82.6 Å². The molecule has 0 unspecified atom stereocenters. The molecule has 7 heteroatoms. The molecule has 0 spiro atoms. The lowest BCUT2D eigenvalue weighted by atomic mass is 9.84. The monoisotopic (exact) mass is 475 g/mol. The number of para-hydroxylation sites is 1. The lowest BCUT2D eigenvalue weighted by molar-refractivity contribution is -0.116. The highest BCUT2D eigenvalue weighted by atomic mass is 32.1. The number of hydrogen-bond acceptors (Lipinski definition) is 6. The summed E-state index contributed by atoms with van der Waals surface area (Å²) in [4.78, 5) is 26.6. The number of fused-ring (bicyclic) bond motifs is 9. The third kappa shape index (κ3) is 2.57. The van der Waals surface area contributed by atoms with Gasteiger partial charge in [-0.05, 0) is 29.0 Å². The summed E-state index contributed by atoms with van der Waals surface area (Å²) in [6.45, 7) is 0. The Hall–Kier alpha value is -4.30. The number of benzene rings is 3. The number of nitrogens with one attached hydrogen (secondary N) is 1. The Morgan fingerprint density at radius 2 is 1.44 bits per heavy atom. The maximum absolute atomic E-state index is 11.6. The molecule has 3 aromatic heterocycles. The van der Waals surface area contributed by atoms with Crippen LogP contribution in [0.2, 0.25) is 0 Å². The van der Waals surface area contributed by atoms with Crippen molar-refractivity contribution < 1.29 is 9.59 Å². The molecule has 6 aromatic rings. The third-order valence-electron chi connectivity index (χ3n) is 6.24. The predicted molar refractivity (Wildman–Crippen MR) is 135 cm³/mol. The number of nitrogens with zero attached hydrogens (tertiary/aromatic N) is 2. The quantitative estimate of drug-likeness (QED) is 0.254. The first kappa shape index (κ1) is 20.3. The molecule has 3 heterocycles. The molecule has 0 amide bonds. The molecule has 0 fully saturated rings. The van der Waals surface area contributed by atoms with E-state index < -0.39 is 17.0 Å². The molecule has 34 heavy (non-hydrogen) atoms. The zero-order valence-electron chi connectivity index (χ0n) is 17.5. The summed E-state index contributed by atoms with van der Waals surface area (Å²) in [7, 11) is 0. The topological polar surface area (TPSA) is 97.5 Å². The predicted octanol–water partition coefficient (Wildman–Crippen LogP) is 6.49. The number of thiophene rings is 2. The fourth-order valence-electron chi connectivity index (χ4n) is 4.65. The number of aromatic nitrogens is 1. The first-order chi connectivity index (χ1) is 16.6. The van der Waals surface area contributed by atoms with E-state index in [9.17, 15) is 9.59 Å².